The molecule has 4 rings (SSSR count). The van der Waals surface area contributed by atoms with Crippen LogP contribution in [0.25, 0.3) is 6.08 Å². The third kappa shape index (κ3) is 4.30. The molecular weight excluding hydrogens is 388 g/mol. The lowest BCUT2D eigenvalue weighted by atomic mass is 10.0. The zero-order valence-electron chi connectivity index (χ0n) is 16.1. The van der Waals surface area contributed by atoms with Crippen molar-refractivity contribution in [3.63, 3.8) is 0 Å². The number of nitrogens with zero attached hydrogens (tertiary/aromatic N) is 2. The van der Waals surface area contributed by atoms with Crippen molar-refractivity contribution in [2.24, 2.45) is 0 Å². The molecule has 1 unspecified atom stereocenters. The minimum atomic E-state index is -0.436. The van der Waals surface area contributed by atoms with Gasteiger partial charge < -0.3 is 14.9 Å². The monoisotopic (exact) mass is 410 g/mol. The summed E-state index contributed by atoms with van der Waals surface area (Å²) in [6.07, 6.45) is 5.80. The van der Waals surface area contributed by atoms with Gasteiger partial charge in [-0.1, -0.05) is 29.8 Å². The molecule has 6 heteroatoms. The number of aromatic hydroxyl groups is 1. The third-order valence-corrected chi connectivity index (χ3v) is 5.84. The highest BCUT2D eigenvalue weighted by molar-refractivity contribution is 6.30. The Morgan fingerprint density at radius 2 is 1.79 bits per heavy atom. The number of phenolic OH excluding ortho intramolecular Hbond substituents is 1. The van der Waals surface area contributed by atoms with Crippen LogP contribution in [0.1, 0.15) is 36.0 Å². The molecule has 2 aromatic rings. The van der Waals surface area contributed by atoms with Gasteiger partial charge in [0.25, 0.3) is 0 Å². The summed E-state index contributed by atoms with van der Waals surface area (Å²) in [4.78, 5) is 29.5. The maximum Gasteiger partial charge on any atom is 0.247 e. The predicted octanol–water partition coefficient (Wildman–Crippen LogP) is 3.98. The van der Waals surface area contributed by atoms with Gasteiger partial charge >= 0.3 is 0 Å². The molecule has 0 radical (unpaired) electrons. The van der Waals surface area contributed by atoms with Crippen LogP contribution in [0.4, 0.5) is 0 Å². The summed E-state index contributed by atoms with van der Waals surface area (Å²) in [5, 5.41) is 10.3. The van der Waals surface area contributed by atoms with Crippen molar-refractivity contribution < 1.29 is 14.7 Å². The Balaban J connectivity index is 1.46. The fourth-order valence-electron chi connectivity index (χ4n) is 4.04. The van der Waals surface area contributed by atoms with Gasteiger partial charge in [-0.3, -0.25) is 9.59 Å². The molecule has 1 saturated heterocycles. The zero-order valence-corrected chi connectivity index (χ0v) is 16.8. The number of phenols is 1. The number of halogens is 1. The van der Waals surface area contributed by atoms with E-state index in [-0.39, 0.29) is 17.6 Å². The van der Waals surface area contributed by atoms with Crippen LogP contribution >= 0.6 is 11.6 Å². The minimum absolute atomic E-state index is 0.0198. The quantitative estimate of drug-likeness (QED) is 0.778. The number of carbonyl (C=O) groups is 2. The summed E-state index contributed by atoms with van der Waals surface area (Å²) in [5.41, 5.74) is 2.90. The van der Waals surface area contributed by atoms with Gasteiger partial charge in [0.05, 0.1) is 0 Å². The number of hydrogen-bond donors (Lipinski definition) is 1. The molecule has 1 N–H and O–H groups in total. The van der Waals surface area contributed by atoms with Gasteiger partial charge in [-0.05, 0) is 66.3 Å². The van der Waals surface area contributed by atoms with Crippen LogP contribution in [-0.2, 0) is 22.7 Å². The largest absolute Gasteiger partial charge is 0.508 e. The molecule has 29 heavy (non-hydrogen) atoms. The van der Waals surface area contributed by atoms with Crippen molar-refractivity contribution in [3.05, 3.63) is 70.3 Å². The Kier molecular flexibility index (Phi) is 5.58. The van der Waals surface area contributed by atoms with Gasteiger partial charge in [-0.2, -0.15) is 0 Å². The Labute approximate surface area is 175 Å². The Bertz CT molecular complexity index is 955. The zero-order chi connectivity index (χ0) is 20.4. The van der Waals surface area contributed by atoms with Crippen molar-refractivity contribution in [2.75, 3.05) is 6.54 Å². The van der Waals surface area contributed by atoms with E-state index in [1.165, 1.54) is 6.08 Å². The van der Waals surface area contributed by atoms with Crippen molar-refractivity contribution in [1.82, 2.24) is 9.80 Å². The molecule has 5 nitrogen and oxygen atoms in total. The van der Waals surface area contributed by atoms with E-state index in [0.717, 1.165) is 29.5 Å². The van der Waals surface area contributed by atoms with Crippen LogP contribution in [0.15, 0.2) is 48.5 Å². The first kappa shape index (κ1) is 19.5. The van der Waals surface area contributed by atoms with Gasteiger partial charge in [0.2, 0.25) is 11.8 Å². The predicted molar refractivity (Wildman–Crippen MR) is 112 cm³/mol. The Hall–Kier alpha value is -2.79. The van der Waals surface area contributed by atoms with E-state index in [2.05, 4.69) is 0 Å². The number of fused-ring (bicyclic) bond motifs is 1. The van der Waals surface area contributed by atoms with E-state index in [4.69, 9.17) is 11.6 Å². The van der Waals surface area contributed by atoms with E-state index in [0.29, 0.717) is 31.1 Å². The van der Waals surface area contributed by atoms with Crippen molar-refractivity contribution in [1.29, 1.82) is 0 Å². The number of rotatable bonds is 3. The third-order valence-electron chi connectivity index (χ3n) is 5.58. The van der Waals surface area contributed by atoms with Gasteiger partial charge in [0, 0.05) is 30.7 Å². The molecule has 0 saturated carbocycles. The summed E-state index contributed by atoms with van der Waals surface area (Å²) >= 11 is 5.90. The summed E-state index contributed by atoms with van der Waals surface area (Å²) in [5.74, 6) is 0.0424. The molecule has 1 fully saturated rings. The molecule has 0 aliphatic carbocycles. The highest BCUT2D eigenvalue weighted by Crippen LogP contribution is 2.29. The SMILES string of the molecule is O=C(C1CCCCN1C(=O)/C=C/c1ccc(Cl)cc1)N1Cc2ccc(O)cc2C1. The lowest BCUT2D eigenvalue weighted by Crippen LogP contribution is -2.51. The van der Waals surface area contributed by atoms with Crippen molar-refractivity contribution in [2.45, 2.75) is 38.4 Å². The smallest absolute Gasteiger partial charge is 0.247 e. The molecule has 2 heterocycles. The van der Waals surface area contributed by atoms with Crippen LogP contribution in [0, 0.1) is 0 Å². The van der Waals surface area contributed by atoms with Gasteiger partial charge in [-0.15, -0.1) is 0 Å². The van der Waals surface area contributed by atoms with Gasteiger partial charge in [-0.25, -0.2) is 0 Å². The van der Waals surface area contributed by atoms with Gasteiger partial charge in [0.1, 0.15) is 11.8 Å². The second-order valence-corrected chi connectivity index (χ2v) is 8.01. The highest BCUT2D eigenvalue weighted by atomic mass is 35.5. The standard InChI is InChI=1S/C23H23ClN2O3/c24-19-8-4-16(5-9-19)6-11-22(28)26-12-2-1-3-21(26)23(29)25-14-17-7-10-20(27)13-18(17)15-25/h4-11,13,21,27H,1-3,12,14-15H2/b11-6+. The van der Waals surface area contributed by atoms with E-state index in [1.54, 1.807) is 40.1 Å². The summed E-state index contributed by atoms with van der Waals surface area (Å²) in [6, 6.07) is 12.0. The summed E-state index contributed by atoms with van der Waals surface area (Å²) in [7, 11) is 0. The lowest BCUT2D eigenvalue weighted by Gasteiger charge is -2.36. The maximum absolute atomic E-state index is 13.2. The fraction of sp³-hybridized carbons (Fsp3) is 0.304. The molecule has 0 spiro atoms. The number of hydrogen-bond acceptors (Lipinski definition) is 3. The molecule has 2 amide bonds. The average molecular weight is 411 g/mol. The van der Waals surface area contributed by atoms with Crippen LogP contribution < -0.4 is 0 Å². The van der Waals surface area contributed by atoms with Crippen LogP contribution in [0.5, 0.6) is 5.75 Å². The van der Waals surface area contributed by atoms with E-state index in [9.17, 15) is 14.7 Å². The first-order chi connectivity index (χ1) is 14.0. The number of benzene rings is 2. The highest BCUT2D eigenvalue weighted by Gasteiger charge is 2.36. The molecule has 2 aromatic carbocycles. The lowest BCUT2D eigenvalue weighted by molar-refractivity contribution is -0.145. The van der Waals surface area contributed by atoms with Crippen molar-refractivity contribution >= 4 is 29.5 Å². The topological polar surface area (TPSA) is 60.9 Å². The molecule has 2 aliphatic heterocycles. The number of piperidine rings is 1. The Morgan fingerprint density at radius 3 is 2.59 bits per heavy atom. The molecule has 0 aromatic heterocycles. The normalized spacial score (nSPS) is 18.9. The van der Waals surface area contributed by atoms with E-state index < -0.39 is 6.04 Å². The number of carbonyl (C=O) groups excluding carboxylic acids is 2. The molecule has 0 bridgehead atoms. The van der Waals surface area contributed by atoms with E-state index in [1.807, 2.05) is 18.2 Å². The first-order valence-electron chi connectivity index (χ1n) is 9.85. The van der Waals surface area contributed by atoms with Crippen LogP contribution in [-0.4, -0.2) is 39.3 Å². The molecular formula is C23H23ClN2O3. The summed E-state index contributed by atoms with van der Waals surface area (Å²) in [6.45, 7) is 1.58. The second-order valence-electron chi connectivity index (χ2n) is 7.58. The number of likely N-dealkylation sites (tertiary alicyclic amines) is 1. The average Bonchev–Trinajstić information content (AvgIpc) is 3.15. The van der Waals surface area contributed by atoms with Gasteiger partial charge in [0.15, 0.2) is 0 Å². The Morgan fingerprint density at radius 1 is 1.03 bits per heavy atom. The van der Waals surface area contributed by atoms with Crippen molar-refractivity contribution in [3.8, 4) is 5.75 Å². The molecule has 1 atom stereocenters. The van der Waals surface area contributed by atoms with Crippen LogP contribution in [0.3, 0.4) is 0 Å². The van der Waals surface area contributed by atoms with E-state index >= 15 is 0 Å². The molecule has 150 valence electrons. The second kappa shape index (κ2) is 8.29. The minimum Gasteiger partial charge on any atom is -0.508 e. The molecule has 2 aliphatic rings. The summed E-state index contributed by atoms with van der Waals surface area (Å²) < 4.78 is 0. The van der Waals surface area contributed by atoms with Crippen LogP contribution in [0.2, 0.25) is 5.02 Å². The first-order valence-corrected chi connectivity index (χ1v) is 10.2. The number of amides is 2. The fourth-order valence-corrected chi connectivity index (χ4v) is 4.16. The maximum atomic E-state index is 13.2.